The van der Waals surface area contributed by atoms with Crippen LogP contribution in [0.4, 0.5) is 0 Å². The van der Waals surface area contributed by atoms with Gasteiger partial charge in [0, 0.05) is 18.5 Å². The highest BCUT2D eigenvalue weighted by Crippen LogP contribution is 2.17. The van der Waals surface area contributed by atoms with E-state index in [2.05, 4.69) is 10.3 Å². The monoisotopic (exact) mass is 395 g/mol. The Morgan fingerprint density at radius 2 is 1.83 bits per heavy atom. The molecular weight excluding hydrogens is 370 g/mol. The Labute approximate surface area is 169 Å². The van der Waals surface area contributed by atoms with Crippen molar-refractivity contribution < 1.29 is 19.1 Å². The maximum absolute atomic E-state index is 12.3. The van der Waals surface area contributed by atoms with Crippen LogP contribution in [0.15, 0.2) is 48.5 Å². The van der Waals surface area contributed by atoms with E-state index in [1.165, 1.54) is 0 Å². The van der Waals surface area contributed by atoms with Gasteiger partial charge in [-0.2, -0.15) is 0 Å². The van der Waals surface area contributed by atoms with Gasteiger partial charge in [0.25, 0.3) is 5.91 Å². The van der Waals surface area contributed by atoms with Crippen LogP contribution in [-0.2, 0) is 22.5 Å². The van der Waals surface area contributed by atoms with Crippen molar-refractivity contribution in [1.29, 1.82) is 0 Å². The van der Waals surface area contributed by atoms with Crippen molar-refractivity contribution in [3.05, 3.63) is 59.9 Å². The molecule has 0 saturated carbocycles. The number of carbonyl (C=O) groups is 2. The predicted molar refractivity (Wildman–Crippen MR) is 110 cm³/mol. The molecule has 0 aliphatic carbocycles. The molecule has 7 heteroatoms. The van der Waals surface area contributed by atoms with Crippen molar-refractivity contribution in [2.24, 2.45) is 0 Å². The molecule has 152 valence electrons. The number of aromatic nitrogens is 2. The van der Waals surface area contributed by atoms with E-state index in [1.54, 1.807) is 31.4 Å². The Hall–Kier alpha value is -3.35. The Kier molecular flexibility index (Phi) is 6.49. The lowest BCUT2D eigenvalue weighted by Gasteiger charge is -2.12. The molecule has 0 bridgehead atoms. The van der Waals surface area contributed by atoms with Gasteiger partial charge in [-0.05, 0) is 50.2 Å². The first-order valence-corrected chi connectivity index (χ1v) is 9.54. The highest BCUT2D eigenvalue weighted by Gasteiger charge is 2.15. The molecular formula is C22H25N3O4. The van der Waals surface area contributed by atoms with Crippen LogP contribution in [0.1, 0.15) is 30.0 Å². The first kappa shape index (κ1) is 20.4. The van der Waals surface area contributed by atoms with E-state index in [0.717, 1.165) is 16.9 Å². The fraction of sp³-hybridized carbons (Fsp3) is 0.318. The smallest absolute Gasteiger partial charge is 0.326 e. The molecule has 0 saturated heterocycles. The summed E-state index contributed by atoms with van der Waals surface area (Å²) in [4.78, 5) is 29.1. The third-order valence-corrected chi connectivity index (χ3v) is 4.37. The average molecular weight is 395 g/mol. The number of nitrogens with one attached hydrogen (secondary N) is 1. The molecule has 7 nitrogen and oxygen atoms in total. The first-order chi connectivity index (χ1) is 14.0. The molecule has 1 N–H and O–H groups in total. The third-order valence-electron chi connectivity index (χ3n) is 4.37. The van der Waals surface area contributed by atoms with Gasteiger partial charge < -0.3 is 19.4 Å². The normalized spacial score (nSPS) is 10.9. The van der Waals surface area contributed by atoms with Gasteiger partial charge in [-0.25, -0.2) is 4.98 Å². The summed E-state index contributed by atoms with van der Waals surface area (Å²) in [6.45, 7) is 4.12. The molecule has 0 atom stereocenters. The zero-order valence-electron chi connectivity index (χ0n) is 16.8. The second kappa shape index (κ2) is 9.23. The Balaban J connectivity index is 1.69. The lowest BCUT2D eigenvalue weighted by molar-refractivity contribution is -0.148. The Bertz CT molecular complexity index is 993. The second-order valence-corrected chi connectivity index (χ2v) is 6.88. The SMILES string of the molecule is COc1ccc(C(=O)NCCc2nc3ccccc3n2CC(=O)OC(C)C)cc1. The highest BCUT2D eigenvalue weighted by molar-refractivity contribution is 5.94. The van der Waals surface area contributed by atoms with Crippen LogP contribution in [0.25, 0.3) is 11.0 Å². The number of benzene rings is 2. The van der Waals surface area contributed by atoms with Gasteiger partial charge in [-0.3, -0.25) is 9.59 Å². The lowest BCUT2D eigenvalue weighted by atomic mass is 10.2. The van der Waals surface area contributed by atoms with E-state index in [1.807, 2.05) is 42.7 Å². The van der Waals surface area contributed by atoms with Crippen molar-refractivity contribution in [3.8, 4) is 5.75 Å². The minimum absolute atomic E-state index is 0.0838. The first-order valence-electron chi connectivity index (χ1n) is 9.54. The third kappa shape index (κ3) is 5.13. The standard InChI is InChI=1S/C22H25N3O4/c1-15(2)29-21(26)14-25-19-7-5-4-6-18(19)24-20(25)12-13-23-22(27)16-8-10-17(28-3)11-9-16/h4-11,15H,12-14H2,1-3H3,(H,23,27). The molecule has 1 aromatic heterocycles. The molecule has 29 heavy (non-hydrogen) atoms. The van der Waals surface area contributed by atoms with E-state index in [-0.39, 0.29) is 24.5 Å². The molecule has 2 aromatic carbocycles. The fourth-order valence-electron chi connectivity index (χ4n) is 3.05. The molecule has 0 aliphatic heterocycles. The number of amides is 1. The van der Waals surface area contributed by atoms with Gasteiger partial charge in [0.05, 0.1) is 24.2 Å². The van der Waals surface area contributed by atoms with E-state index < -0.39 is 0 Å². The average Bonchev–Trinajstić information content (AvgIpc) is 3.04. The summed E-state index contributed by atoms with van der Waals surface area (Å²) in [5.41, 5.74) is 2.23. The summed E-state index contributed by atoms with van der Waals surface area (Å²) in [5, 5.41) is 2.89. The number of methoxy groups -OCH3 is 1. The van der Waals surface area contributed by atoms with E-state index >= 15 is 0 Å². The second-order valence-electron chi connectivity index (χ2n) is 6.88. The molecule has 0 radical (unpaired) electrons. The maximum Gasteiger partial charge on any atom is 0.326 e. The van der Waals surface area contributed by atoms with Crippen LogP contribution in [0.3, 0.4) is 0 Å². The zero-order valence-corrected chi connectivity index (χ0v) is 16.8. The van der Waals surface area contributed by atoms with Crippen molar-refractivity contribution in [3.63, 3.8) is 0 Å². The van der Waals surface area contributed by atoms with Crippen molar-refractivity contribution in [2.75, 3.05) is 13.7 Å². The van der Waals surface area contributed by atoms with Gasteiger partial charge in [0.15, 0.2) is 0 Å². The van der Waals surface area contributed by atoms with Crippen LogP contribution in [-0.4, -0.2) is 41.2 Å². The molecule has 1 amide bonds. The number of carbonyl (C=O) groups excluding carboxylic acids is 2. The van der Waals surface area contributed by atoms with E-state index in [0.29, 0.717) is 24.3 Å². The Morgan fingerprint density at radius 3 is 2.52 bits per heavy atom. The number of hydrogen-bond donors (Lipinski definition) is 1. The topological polar surface area (TPSA) is 82.5 Å². The number of esters is 1. The maximum atomic E-state index is 12.3. The summed E-state index contributed by atoms with van der Waals surface area (Å²) < 4.78 is 12.2. The number of para-hydroxylation sites is 2. The summed E-state index contributed by atoms with van der Waals surface area (Å²) in [7, 11) is 1.58. The summed E-state index contributed by atoms with van der Waals surface area (Å²) >= 11 is 0. The predicted octanol–water partition coefficient (Wildman–Crippen LogP) is 2.97. The Morgan fingerprint density at radius 1 is 1.10 bits per heavy atom. The van der Waals surface area contributed by atoms with Crippen LogP contribution in [0, 0.1) is 0 Å². The molecule has 0 unspecified atom stereocenters. The van der Waals surface area contributed by atoms with Gasteiger partial charge in [0.1, 0.15) is 18.1 Å². The van der Waals surface area contributed by atoms with Gasteiger partial charge in [-0.1, -0.05) is 12.1 Å². The highest BCUT2D eigenvalue weighted by atomic mass is 16.5. The van der Waals surface area contributed by atoms with E-state index in [4.69, 9.17) is 9.47 Å². The van der Waals surface area contributed by atoms with Gasteiger partial charge in [-0.15, -0.1) is 0 Å². The molecule has 3 rings (SSSR count). The minimum atomic E-state index is -0.313. The van der Waals surface area contributed by atoms with Crippen molar-refractivity contribution >= 4 is 22.9 Å². The number of imidazole rings is 1. The van der Waals surface area contributed by atoms with Crippen molar-refractivity contribution in [1.82, 2.24) is 14.9 Å². The van der Waals surface area contributed by atoms with E-state index in [9.17, 15) is 9.59 Å². The number of hydrogen-bond acceptors (Lipinski definition) is 5. The summed E-state index contributed by atoms with van der Waals surface area (Å²) in [6, 6.07) is 14.5. The molecule has 1 heterocycles. The fourth-order valence-corrected chi connectivity index (χ4v) is 3.05. The quantitative estimate of drug-likeness (QED) is 0.593. The van der Waals surface area contributed by atoms with Gasteiger partial charge >= 0.3 is 5.97 Å². The molecule has 0 fully saturated rings. The lowest BCUT2D eigenvalue weighted by Crippen LogP contribution is -2.27. The number of nitrogens with zero attached hydrogens (tertiary/aromatic N) is 2. The summed E-state index contributed by atoms with van der Waals surface area (Å²) in [6.07, 6.45) is 0.315. The minimum Gasteiger partial charge on any atom is -0.497 e. The van der Waals surface area contributed by atoms with Crippen molar-refractivity contribution in [2.45, 2.75) is 32.9 Å². The summed E-state index contributed by atoms with van der Waals surface area (Å²) in [5.74, 6) is 0.937. The number of ether oxygens (including phenoxy) is 2. The van der Waals surface area contributed by atoms with Crippen LogP contribution >= 0.6 is 0 Å². The largest absolute Gasteiger partial charge is 0.497 e. The molecule has 0 spiro atoms. The van der Waals surface area contributed by atoms with Crippen LogP contribution in [0.5, 0.6) is 5.75 Å². The number of fused-ring (bicyclic) bond motifs is 1. The zero-order chi connectivity index (χ0) is 20.8. The number of rotatable bonds is 8. The van der Waals surface area contributed by atoms with Crippen LogP contribution < -0.4 is 10.1 Å². The molecule has 3 aromatic rings. The van der Waals surface area contributed by atoms with Crippen LogP contribution in [0.2, 0.25) is 0 Å². The molecule has 0 aliphatic rings. The van der Waals surface area contributed by atoms with Gasteiger partial charge in [0.2, 0.25) is 0 Å².